The SMILES string of the molecule is CCCC[C@H]1C(=O)N(C)[C@@H](CC(C)C)C(=O)NC(C2CCCCC2)C(=O)N[C@@H](CN)C(=O)N[C@@H](COCCCN)C(=O)N[C@H](C)CN1CC1CC1. The second-order valence-electron chi connectivity index (χ2n) is 15.5. The lowest BCUT2D eigenvalue weighted by Crippen LogP contribution is -2.63. The van der Waals surface area contributed by atoms with Gasteiger partial charge in [-0.25, -0.2) is 0 Å². The second-order valence-corrected chi connectivity index (χ2v) is 15.5. The molecule has 6 atom stereocenters. The molecule has 1 saturated heterocycles. The zero-order chi connectivity index (χ0) is 37.5. The number of unbranched alkanes of at least 4 members (excludes halogenated alkanes) is 1. The van der Waals surface area contributed by atoms with Crippen molar-refractivity contribution in [2.24, 2.45) is 29.2 Å². The lowest BCUT2D eigenvalue weighted by molar-refractivity contribution is -0.145. The fourth-order valence-electron chi connectivity index (χ4n) is 7.29. The number of hydrogen-bond acceptors (Lipinski definition) is 9. The number of carbonyl (C=O) groups excluding carboxylic acids is 5. The molecule has 0 aromatic carbocycles. The smallest absolute Gasteiger partial charge is 0.245 e. The number of likely N-dealkylation sites (N-methyl/N-ethyl adjacent to an activating group) is 1. The van der Waals surface area contributed by atoms with Crippen LogP contribution in [-0.4, -0.2) is 122 Å². The van der Waals surface area contributed by atoms with E-state index in [2.05, 4.69) is 33.1 Å². The molecule has 3 fully saturated rings. The number of nitrogens with zero attached hydrogens (tertiary/aromatic N) is 2. The molecule has 0 radical (unpaired) electrons. The number of hydrogen-bond donors (Lipinski definition) is 6. The summed E-state index contributed by atoms with van der Waals surface area (Å²) in [6.45, 7) is 9.55. The number of nitrogens with one attached hydrogen (secondary N) is 4. The summed E-state index contributed by atoms with van der Waals surface area (Å²) in [7, 11) is 1.70. The van der Waals surface area contributed by atoms with Crippen LogP contribution in [0.25, 0.3) is 0 Å². The van der Waals surface area contributed by atoms with Gasteiger partial charge < -0.3 is 42.4 Å². The predicted molar refractivity (Wildman–Crippen MR) is 197 cm³/mol. The number of ether oxygens (including phenoxy) is 1. The Hall–Kier alpha value is -2.81. The van der Waals surface area contributed by atoms with Gasteiger partial charge >= 0.3 is 0 Å². The molecule has 1 heterocycles. The van der Waals surface area contributed by atoms with Crippen molar-refractivity contribution in [1.82, 2.24) is 31.1 Å². The molecule has 0 bridgehead atoms. The molecule has 51 heavy (non-hydrogen) atoms. The van der Waals surface area contributed by atoms with Gasteiger partial charge in [-0.05, 0) is 76.2 Å². The van der Waals surface area contributed by atoms with E-state index in [1.807, 2.05) is 20.8 Å². The van der Waals surface area contributed by atoms with Gasteiger partial charge in [-0.2, -0.15) is 0 Å². The first-order valence-corrected chi connectivity index (χ1v) is 19.6. The van der Waals surface area contributed by atoms with Crippen LogP contribution in [0, 0.1) is 17.8 Å². The molecule has 292 valence electrons. The van der Waals surface area contributed by atoms with E-state index in [1.54, 1.807) is 11.9 Å². The van der Waals surface area contributed by atoms with Gasteiger partial charge in [0.05, 0.1) is 12.6 Å². The number of carbonyl (C=O) groups is 5. The van der Waals surface area contributed by atoms with E-state index >= 15 is 0 Å². The second kappa shape index (κ2) is 21.7. The molecular weight excluding hydrogens is 652 g/mol. The largest absolute Gasteiger partial charge is 0.379 e. The van der Waals surface area contributed by atoms with Crippen molar-refractivity contribution in [1.29, 1.82) is 0 Å². The van der Waals surface area contributed by atoms with E-state index in [4.69, 9.17) is 16.2 Å². The van der Waals surface area contributed by atoms with Crippen LogP contribution in [0.1, 0.15) is 105 Å². The highest BCUT2D eigenvalue weighted by atomic mass is 16.5. The molecular formula is C37H68N8O6. The predicted octanol–water partition coefficient (Wildman–Crippen LogP) is 1.01. The summed E-state index contributed by atoms with van der Waals surface area (Å²) in [6, 6.07) is -4.80. The zero-order valence-corrected chi connectivity index (χ0v) is 31.9. The average Bonchev–Trinajstić information content (AvgIpc) is 3.93. The summed E-state index contributed by atoms with van der Waals surface area (Å²) in [6.07, 6.45) is 9.92. The van der Waals surface area contributed by atoms with Crippen molar-refractivity contribution < 1.29 is 28.7 Å². The summed E-state index contributed by atoms with van der Waals surface area (Å²) in [4.78, 5) is 74.1. The highest BCUT2D eigenvalue weighted by Gasteiger charge is 2.40. The molecule has 0 aromatic heterocycles. The molecule has 1 aliphatic heterocycles. The standard InChI is InChI=1S/C37H68N8O6/c1-6-7-14-30-37(50)44(5)31(19-24(2)3)35(48)43-32(27-12-9-8-10-13-27)36(49)41-28(20-39)33(46)42-29(23-51-18-11-17-38)34(47)40-25(4)21-45(30)22-26-15-16-26/h24-32H,6-23,38-39H2,1-5H3,(H,40,47)(H,41,49)(H,42,46)(H,43,48)/t25-,28+,29+,30+,31+,32?/m1/s1. The third-order valence-corrected chi connectivity index (χ3v) is 10.4. The molecule has 0 aromatic rings. The average molecular weight is 721 g/mol. The van der Waals surface area contributed by atoms with Crippen LogP contribution in [-0.2, 0) is 28.7 Å². The molecule has 8 N–H and O–H groups in total. The minimum Gasteiger partial charge on any atom is -0.379 e. The third kappa shape index (κ3) is 13.6. The lowest BCUT2D eigenvalue weighted by atomic mass is 9.83. The van der Waals surface area contributed by atoms with Crippen LogP contribution in [0.4, 0.5) is 0 Å². The van der Waals surface area contributed by atoms with Crippen LogP contribution < -0.4 is 32.7 Å². The third-order valence-electron chi connectivity index (χ3n) is 10.4. The summed E-state index contributed by atoms with van der Waals surface area (Å²) in [5.74, 6) is -1.65. The summed E-state index contributed by atoms with van der Waals surface area (Å²) < 4.78 is 5.73. The Bertz CT molecular complexity index is 1130. The first-order valence-electron chi connectivity index (χ1n) is 19.6. The molecule has 2 aliphatic carbocycles. The van der Waals surface area contributed by atoms with Gasteiger partial charge in [0.2, 0.25) is 29.5 Å². The molecule has 3 rings (SSSR count). The van der Waals surface area contributed by atoms with Crippen LogP contribution in [0.3, 0.4) is 0 Å². The zero-order valence-electron chi connectivity index (χ0n) is 31.9. The van der Waals surface area contributed by atoms with E-state index in [0.717, 1.165) is 57.8 Å². The van der Waals surface area contributed by atoms with Gasteiger partial charge in [-0.1, -0.05) is 52.9 Å². The van der Waals surface area contributed by atoms with Crippen LogP contribution in [0.15, 0.2) is 0 Å². The van der Waals surface area contributed by atoms with Crippen LogP contribution in [0.2, 0.25) is 0 Å². The summed E-state index contributed by atoms with van der Waals surface area (Å²) >= 11 is 0. The number of amides is 5. The van der Waals surface area contributed by atoms with Crippen LogP contribution in [0.5, 0.6) is 0 Å². The van der Waals surface area contributed by atoms with Crippen molar-refractivity contribution >= 4 is 29.5 Å². The fraction of sp³-hybridized carbons (Fsp3) is 0.865. The molecule has 2 saturated carbocycles. The van der Waals surface area contributed by atoms with Crippen molar-refractivity contribution in [2.75, 3.05) is 46.4 Å². The van der Waals surface area contributed by atoms with Crippen molar-refractivity contribution in [3.8, 4) is 0 Å². The van der Waals surface area contributed by atoms with Gasteiger partial charge in [-0.3, -0.25) is 28.9 Å². The topological polar surface area (TPSA) is 201 Å². The minimum absolute atomic E-state index is 0.0955. The van der Waals surface area contributed by atoms with Gasteiger partial charge in [0.25, 0.3) is 0 Å². The molecule has 3 aliphatic rings. The maximum atomic E-state index is 14.6. The molecule has 14 nitrogen and oxygen atoms in total. The van der Waals surface area contributed by atoms with E-state index in [1.165, 1.54) is 0 Å². The minimum atomic E-state index is -1.15. The number of nitrogens with two attached hydrogens (primary N) is 2. The van der Waals surface area contributed by atoms with E-state index < -0.39 is 47.9 Å². The van der Waals surface area contributed by atoms with Crippen LogP contribution >= 0.6 is 0 Å². The lowest BCUT2D eigenvalue weighted by Gasteiger charge is -2.39. The Morgan fingerprint density at radius 2 is 1.49 bits per heavy atom. The Morgan fingerprint density at radius 3 is 2.10 bits per heavy atom. The van der Waals surface area contributed by atoms with E-state index in [-0.39, 0.29) is 42.8 Å². The van der Waals surface area contributed by atoms with E-state index in [9.17, 15) is 24.0 Å². The number of rotatable bonds is 14. The van der Waals surface area contributed by atoms with Gasteiger partial charge in [0, 0.05) is 39.3 Å². The normalized spacial score (nSPS) is 28.9. The van der Waals surface area contributed by atoms with Crippen molar-refractivity contribution in [2.45, 2.75) is 141 Å². The Kier molecular flexibility index (Phi) is 18.1. The first-order chi connectivity index (χ1) is 24.4. The monoisotopic (exact) mass is 721 g/mol. The Labute approximate surface area is 305 Å². The fourth-order valence-corrected chi connectivity index (χ4v) is 7.29. The Balaban J connectivity index is 2.06. The molecule has 14 heteroatoms. The maximum Gasteiger partial charge on any atom is 0.245 e. The molecule has 5 amide bonds. The quantitative estimate of drug-likeness (QED) is 0.142. The Morgan fingerprint density at radius 1 is 0.824 bits per heavy atom. The molecule has 1 unspecified atom stereocenters. The maximum absolute atomic E-state index is 14.6. The highest BCUT2D eigenvalue weighted by molar-refractivity contribution is 5.96. The van der Waals surface area contributed by atoms with Gasteiger partial charge in [-0.15, -0.1) is 0 Å². The van der Waals surface area contributed by atoms with Gasteiger partial charge in [0.15, 0.2) is 0 Å². The van der Waals surface area contributed by atoms with Crippen molar-refractivity contribution in [3.05, 3.63) is 0 Å². The first kappa shape index (κ1) is 42.6. The van der Waals surface area contributed by atoms with Crippen molar-refractivity contribution in [3.63, 3.8) is 0 Å². The van der Waals surface area contributed by atoms with E-state index in [0.29, 0.717) is 51.4 Å². The molecule has 0 spiro atoms. The van der Waals surface area contributed by atoms with Gasteiger partial charge in [0.1, 0.15) is 24.2 Å². The highest BCUT2D eigenvalue weighted by Crippen LogP contribution is 2.32. The summed E-state index contributed by atoms with van der Waals surface area (Å²) in [5, 5.41) is 11.6. The summed E-state index contributed by atoms with van der Waals surface area (Å²) in [5.41, 5.74) is 11.7.